The van der Waals surface area contributed by atoms with Gasteiger partial charge < -0.3 is 10.1 Å². The van der Waals surface area contributed by atoms with Crippen molar-refractivity contribution in [2.45, 2.75) is 24.4 Å². The number of amides is 1. The van der Waals surface area contributed by atoms with E-state index >= 15 is 0 Å². The van der Waals surface area contributed by atoms with E-state index in [9.17, 15) is 9.59 Å². The molecule has 0 aliphatic carbocycles. The van der Waals surface area contributed by atoms with Crippen LogP contribution in [0.4, 0.5) is 5.69 Å². The fourth-order valence-electron chi connectivity index (χ4n) is 2.65. The average molecular weight is 395 g/mol. The highest BCUT2D eigenvalue weighted by molar-refractivity contribution is 7.98. The maximum atomic E-state index is 12.6. The summed E-state index contributed by atoms with van der Waals surface area (Å²) in [5.74, 6) is 0.896. The Morgan fingerprint density at radius 3 is 2.61 bits per heavy atom. The minimum absolute atomic E-state index is 0.124. The van der Waals surface area contributed by atoms with Gasteiger partial charge in [-0.15, -0.1) is 0 Å². The van der Waals surface area contributed by atoms with Gasteiger partial charge in [0.1, 0.15) is 12.3 Å². The fourth-order valence-corrected chi connectivity index (χ4v) is 3.66. The second-order valence-corrected chi connectivity index (χ2v) is 7.07. The van der Waals surface area contributed by atoms with Gasteiger partial charge in [-0.3, -0.25) is 14.2 Å². The minimum Gasteiger partial charge on any atom is -0.495 e. The summed E-state index contributed by atoms with van der Waals surface area (Å²) in [6.07, 6.45) is 0. The molecule has 0 unspecified atom stereocenters. The molecule has 3 aromatic rings. The van der Waals surface area contributed by atoms with Gasteiger partial charge in [-0.2, -0.15) is 0 Å². The van der Waals surface area contributed by atoms with Crippen LogP contribution in [0.15, 0.2) is 70.6 Å². The molecule has 0 aliphatic rings. The average Bonchev–Trinajstić information content (AvgIpc) is 2.70. The quantitative estimate of drug-likeness (QED) is 0.490. The number of anilines is 1. The number of thioether (sulfide) groups is 1. The van der Waals surface area contributed by atoms with Crippen LogP contribution in [0.25, 0.3) is 0 Å². The molecule has 0 spiro atoms. The summed E-state index contributed by atoms with van der Waals surface area (Å²) in [7, 11) is 1.54. The number of aryl methyl sites for hydroxylation is 1. The Labute approximate surface area is 167 Å². The van der Waals surface area contributed by atoms with E-state index in [1.165, 1.54) is 29.5 Å². The number of hydrogen-bond acceptors (Lipinski definition) is 5. The summed E-state index contributed by atoms with van der Waals surface area (Å²) < 4.78 is 6.64. The number of methoxy groups -OCH3 is 1. The number of ether oxygens (including phenoxy) is 1. The first-order valence-corrected chi connectivity index (χ1v) is 9.73. The van der Waals surface area contributed by atoms with Crippen molar-refractivity contribution in [1.82, 2.24) is 9.55 Å². The largest absolute Gasteiger partial charge is 0.495 e. The van der Waals surface area contributed by atoms with E-state index in [-0.39, 0.29) is 18.0 Å². The van der Waals surface area contributed by atoms with Crippen molar-refractivity contribution in [3.05, 3.63) is 82.3 Å². The highest BCUT2D eigenvalue weighted by atomic mass is 32.2. The SMILES string of the molecule is COc1ccccc1NC(=O)Cn1c(SCc2ccccc2)nc(C)cc1=O. The van der Waals surface area contributed by atoms with Crippen LogP contribution < -0.4 is 15.6 Å². The topological polar surface area (TPSA) is 73.2 Å². The molecule has 6 nitrogen and oxygen atoms in total. The van der Waals surface area contributed by atoms with Gasteiger partial charge >= 0.3 is 0 Å². The Hall–Kier alpha value is -3.06. The predicted molar refractivity (Wildman–Crippen MR) is 111 cm³/mol. The van der Waals surface area contributed by atoms with E-state index in [0.29, 0.717) is 28.0 Å². The van der Waals surface area contributed by atoms with Gasteiger partial charge in [0.2, 0.25) is 5.91 Å². The van der Waals surface area contributed by atoms with Crippen LogP contribution >= 0.6 is 11.8 Å². The molecule has 1 N–H and O–H groups in total. The van der Waals surface area contributed by atoms with Crippen molar-refractivity contribution in [3.63, 3.8) is 0 Å². The number of nitrogens with zero attached hydrogens (tertiary/aromatic N) is 2. The predicted octanol–water partition coefficient (Wildman–Crippen LogP) is 3.49. The second kappa shape index (κ2) is 9.23. The normalized spacial score (nSPS) is 10.5. The molecule has 0 saturated heterocycles. The first-order valence-electron chi connectivity index (χ1n) is 8.75. The number of rotatable bonds is 7. The number of para-hydroxylation sites is 2. The number of carbonyl (C=O) groups excluding carboxylic acids is 1. The standard InChI is InChI=1S/C21H21N3O3S/c1-15-12-20(26)24(21(22-15)28-14-16-8-4-3-5-9-16)13-19(25)23-17-10-6-7-11-18(17)27-2/h3-12H,13-14H2,1-2H3,(H,23,25). The monoisotopic (exact) mass is 395 g/mol. The summed E-state index contributed by atoms with van der Waals surface area (Å²) in [5.41, 5.74) is 2.05. The number of aromatic nitrogens is 2. The third kappa shape index (κ3) is 5.01. The lowest BCUT2D eigenvalue weighted by Crippen LogP contribution is -2.29. The lowest BCUT2D eigenvalue weighted by molar-refractivity contribution is -0.116. The molecule has 2 aromatic carbocycles. The van der Waals surface area contributed by atoms with E-state index in [0.717, 1.165) is 5.56 Å². The van der Waals surface area contributed by atoms with E-state index in [1.807, 2.05) is 36.4 Å². The van der Waals surface area contributed by atoms with Gasteiger partial charge in [-0.1, -0.05) is 54.2 Å². The van der Waals surface area contributed by atoms with Gasteiger partial charge in [0, 0.05) is 17.5 Å². The first-order chi connectivity index (χ1) is 13.6. The molecule has 1 amide bonds. The number of benzene rings is 2. The molecule has 0 radical (unpaired) electrons. The molecule has 1 aromatic heterocycles. The summed E-state index contributed by atoms with van der Waals surface area (Å²) >= 11 is 1.43. The van der Waals surface area contributed by atoms with Crippen LogP contribution in [0.3, 0.4) is 0 Å². The molecule has 0 fully saturated rings. The van der Waals surface area contributed by atoms with Crippen molar-refractivity contribution in [1.29, 1.82) is 0 Å². The zero-order valence-corrected chi connectivity index (χ0v) is 16.5. The molecule has 1 heterocycles. The minimum atomic E-state index is -0.321. The lowest BCUT2D eigenvalue weighted by atomic mass is 10.2. The summed E-state index contributed by atoms with van der Waals surface area (Å²) in [4.78, 5) is 29.5. The summed E-state index contributed by atoms with van der Waals surface area (Å²) in [6, 6.07) is 18.5. The van der Waals surface area contributed by atoms with Crippen LogP contribution in [0, 0.1) is 6.92 Å². The van der Waals surface area contributed by atoms with E-state index in [4.69, 9.17) is 4.74 Å². The molecule has 7 heteroatoms. The second-order valence-electron chi connectivity index (χ2n) is 6.13. The summed E-state index contributed by atoms with van der Waals surface area (Å²) in [5, 5.41) is 3.31. The third-order valence-corrected chi connectivity index (χ3v) is 5.04. The molecular formula is C21H21N3O3S. The maximum Gasteiger partial charge on any atom is 0.254 e. The lowest BCUT2D eigenvalue weighted by Gasteiger charge is -2.13. The Morgan fingerprint density at radius 1 is 1.14 bits per heavy atom. The number of carbonyl (C=O) groups is 1. The van der Waals surface area contributed by atoms with E-state index < -0.39 is 0 Å². The first kappa shape index (κ1) is 19.7. The summed E-state index contributed by atoms with van der Waals surface area (Å²) in [6.45, 7) is 1.65. The third-order valence-electron chi connectivity index (χ3n) is 3.99. The van der Waals surface area contributed by atoms with Crippen molar-refractivity contribution < 1.29 is 9.53 Å². The Morgan fingerprint density at radius 2 is 1.86 bits per heavy atom. The van der Waals surface area contributed by atoms with Crippen LogP contribution in [-0.2, 0) is 17.1 Å². The number of hydrogen-bond donors (Lipinski definition) is 1. The molecule has 28 heavy (non-hydrogen) atoms. The van der Waals surface area contributed by atoms with Gasteiger partial charge in [0.05, 0.1) is 12.8 Å². The van der Waals surface area contributed by atoms with Crippen LogP contribution in [0.2, 0.25) is 0 Å². The molecular weight excluding hydrogens is 374 g/mol. The Bertz CT molecular complexity index is 1020. The molecule has 3 rings (SSSR count). The highest BCUT2D eigenvalue weighted by Gasteiger charge is 2.13. The van der Waals surface area contributed by atoms with Crippen molar-refractivity contribution >= 4 is 23.4 Å². The van der Waals surface area contributed by atoms with Gasteiger partial charge in [-0.25, -0.2) is 4.98 Å². The smallest absolute Gasteiger partial charge is 0.254 e. The highest BCUT2D eigenvalue weighted by Crippen LogP contribution is 2.23. The van der Waals surface area contributed by atoms with Crippen molar-refractivity contribution in [2.24, 2.45) is 0 Å². The Balaban J connectivity index is 1.78. The maximum absolute atomic E-state index is 12.6. The zero-order chi connectivity index (χ0) is 19.9. The van der Waals surface area contributed by atoms with Gasteiger partial charge in [-0.05, 0) is 24.6 Å². The van der Waals surface area contributed by atoms with Crippen molar-refractivity contribution in [2.75, 3.05) is 12.4 Å². The van der Waals surface area contributed by atoms with E-state index in [2.05, 4.69) is 10.3 Å². The molecule has 0 saturated carbocycles. The zero-order valence-electron chi connectivity index (χ0n) is 15.7. The Kier molecular flexibility index (Phi) is 6.49. The molecule has 144 valence electrons. The molecule has 0 aliphatic heterocycles. The van der Waals surface area contributed by atoms with Crippen LogP contribution in [0.1, 0.15) is 11.3 Å². The van der Waals surface area contributed by atoms with E-state index in [1.54, 1.807) is 25.1 Å². The van der Waals surface area contributed by atoms with Crippen molar-refractivity contribution in [3.8, 4) is 5.75 Å². The molecule has 0 bridgehead atoms. The van der Waals surface area contributed by atoms with Crippen LogP contribution in [0.5, 0.6) is 5.75 Å². The number of nitrogens with one attached hydrogen (secondary N) is 1. The van der Waals surface area contributed by atoms with Crippen LogP contribution in [-0.4, -0.2) is 22.6 Å². The van der Waals surface area contributed by atoms with Gasteiger partial charge in [0.15, 0.2) is 5.16 Å². The fraction of sp³-hybridized carbons (Fsp3) is 0.190. The van der Waals surface area contributed by atoms with Gasteiger partial charge in [0.25, 0.3) is 5.56 Å². The molecule has 0 atom stereocenters.